The Bertz CT molecular complexity index is 1890. The average molecular weight is 1450 g/mol. The lowest BCUT2D eigenvalue weighted by Gasteiger charge is -2.21. The minimum absolute atomic E-state index is 0.108. The maximum Gasteiger partial charge on any atom is 0.472 e. The summed E-state index contributed by atoms with van der Waals surface area (Å²) in [7, 11) is -9.91. The van der Waals surface area contributed by atoms with Gasteiger partial charge in [0.05, 0.1) is 26.4 Å². The van der Waals surface area contributed by atoms with Crippen molar-refractivity contribution >= 4 is 39.5 Å². The van der Waals surface area contributed by atoms with E-state index < -0.39 is 97.5 Å². The number of unbranched alkanes of at least 4 members (excludes halogenated alkanes) is 52. The molecule has 0 saturated carbocycles. The van der Waals surface area contributed by atoms with Crippen molar-refractivity contribution in [2.45, 2.75) is 445 Å². The molecule has 0 amide bonds. The molecule has 5 atom stereocenters. The molecule has 0 bridgehead atoms. The van der Waals surface area contributed by atoms with Gasteiger partial charge in [-0.05, 0) is 31.6 Å². The van der Waals surface area contributed by atoms with E-state index in [0.717, 1.165) is 95.8 Å². The van der Waals surface area contributed by atoms with E-state index in [9.17, 15) is 43.2 Å². The zero-order valence-electron chi connectivity index (χ0n) is 64.6. The van der Waals surface area contributed by atoms with Crippen molar-refractivity contribution in [1.82, 2.24) is 0 Å². The molecule has 3 N–H and O–H groups in total. The van der Waals surface area contributed by atoms with Crippen LogP contribution in [0, 0.1) is 5.92 Å². The summed E-state index contributed by atoms with van der Waals surface area (Å²) in [4.78, 5) is 73.0. The van der Waals surface area contributed by atoms with Crippen LogP contribution >= 0.6 is 15.6 Å². The molecule has 0 aromatic rings. The van der Waals surface area contributed by atoms with E-state index in [1.807, 2.05) is 0 Å². The third-order valence-corrected chi connectivity index (χ3v) is 20.7. The lowest BCUT2D eigenvalue weighted by molar-refractivity contribution is -0.161. The van der Waals surface area contributed by atoms with Crippen LogP contribution in [-0.4, -0.2) is 96.7 Å². The highest BCUT2D eigenvalue weighted by molar-refractivity contribution is 7.47. The fraction of sp³-hybridized carbons (Fsp3) is 0.950. The van der Waals surface area contributed by atoms with E-state index in [1.54, 1.807) is 0 Å². The van der Waals surface area contributed by atoms with Crippen molar-refractivity contribution < 1.29 is 80.2 Å². The summed E-state index contributed by atoms with van der Waals surface area (Å²) in [5, 5.41) is 10.6. The maximum atomic E-state index is 13.1. The highest BCUT2D eigenvalue weighted by Gasteiger charge is 2.30. The van der Waals surface area contributed by atoms with Crippen molar-refractivity contribution in [3.63, 3.8) is 0 Å². The summed E-state index contributed by atoms with van der Waals surface area (Å²) in [6.45, 7) is 7.36. The largest absolute Gasteiger partial charge is 0.472 e. The fourth-order valence-corrected chi connectivity index (χ4v) is 14.0. The zero-order chi connectivity index (χ0) is 72.7. The Hall–Kier alpha value is -1.94. The molecule has 0 radical (unpaired) electrons. The maximum absolute atomic E-state index is 13.1. The van der Waals surface area contributed by atoms with Crippen molar-refractivity contribution in [2.75, 3.05) is 39.6 Å². The molecule has 0 aromatic heterocycles. The van der Waals surface area contributed by atoms with Crippen LogP contribution in [0.15, 0.2) is 0 Å². The number of hydrogen-bond donors (Lipinski definition) is 3. The van der Waals surface area contributed by atoms with Gasteiger partial charge in [-0.3, -0.25) is 37.3 Å². The molecule has 0 fully saturated rings. The summed E-state index contributed by atoms with van der Waals surface area (Å²) in [5.41, 5.74) is 0. The predicted molar refractivity (Wildman–Crippen MR) is 405 cm³/mol. The summed E-state index contributed by atoms with van der Waals surface area (Å²) < 4.78 is 68.7. The Kier molecular flexibility index (Phi) is 71.6. The van der Waals surface area contributed by atoms with Crippen LogP contribution in [0.25, 0.3) is 0 Å². The normalized spacial score (nSPS) is 13.9. The van der Waals surface area contributed by atoms with E-state index in [0.29, 0.717) is 25.7 Å². The molecule has 0 aliphatic heterocycles. The lowest BCUT2D eigenvalue weighted by atomic mass is 10.0. The number of hydrogen-bond acceptors (Lipinski definition) is 15. The summed E-state index contributed by atoms with van der Waals surface area (Å²) >= 11 is 0. The molecule has 588 valence electrons. The van der Waals surface area contributed by atoms with Crippen LogP contribution in [0.4, 0.5) is 0 Å². The molecule has 0 aromatic carbocycles. The Balaban J connectivity index is 5.22. The van der Waals surface area contributed by atoms with Crippen LogP contribution in [0.1, 0.15) is 426 Å². The molecular weight excluding hydrogens is 1290 g/mol. The number of esters is 4. The molecule has 0 spiro atoms. The van der Waals surface area contributed by atoms with E-state index in [1.165, 1.54) is 250 Å². The number of aliphatic hydroxyl groups excluding tert-OH is 1. The van der Waals surface area contributed by atoms with E-state index in [2.05, 4.69) is 34.6 Å². The second kappa shape index (κ2) is 73.0. The molecule has 0 rings (SSSR count). The van der Waals surface area contributed by atoms with Crippen molar-refractivity contribution in [3.8, 4) is 0 Å². The SMILES string of the molecule is CCCCCCCCCCCCCCCCC(=O)OC[C@H](COP(=O)(O)OC[C@@H](O)COP(=O)(O)OC[C@@H](COC(=O)CCCCCCCCCCCCCC)OC(=O)CCCCCCCCCCCCCC)OC(=O)CCCCCCCCCCCCCCCCCCCCC(C)C. The van der Waals surface area contributed by atoms with Gasteiger partial charge < -0.3 is 33.8 Å². The number of phosphoric acid groups is 2. The first-order valence-electron chi connectivity index (χ1n) is 41.6. The van der Waals surface area contributed by atoms with Crippen LogP contribution < -0.4 is 0 Å². The van der Waals surface area contributed by atoms with Gasteiger partial charge in [-0.1, -0.05) is 375 Å². The van der Waals surface area contributed by atoms with Gasteiger partial charge in [0.15, 0.2) is 12.2 Å². The number of carbonyl (C=O) groups is 4. The van der Waals surface area contributed by atoms with Gasteiger partial charge in [-0.2, -0.15) is 0 Å². The van der Waals surface area contributed by atoms with Gasteiger partial charge in [0.1, 0.15) is 19.3 Å². The van der Waals surface area contributed by atoms with Gasteiger partial charge in [0.25, 0.3) is 0 Å². The Morgan fingerprint density at radius 1 is 0.273 bits per heavy atom. The van der Waals surface area contributed by atoms with E-state index in [-0.39, 0.29) is 25.7 Å². The number of ether oxygens (including phenoxy) is 4. The number of carbonyl (C=O) groups excluding carboxylic acids is 4. The van der Waals surface area contributed by atoms with Crippen LogP contribution in [0.2, 0.25) is 0 Å². The molecular formula is C80H156O17P2. The van der Waals surface area contributed by atoms with Crippen LogP contribution in [0.3, 0.4) is 0 Å². The van der Waals surface area contributed by atoms with Crippen LogP contribution in [0.5, 0.6) is 0 Å². The quantitative estimate of drug-likeness (QED) is 0.0222. The van der Waals surface area contributed by atoms with Gasteiger partial charge in [0, 0.05) is 25.7 Å². The first kappa shape index (κ1) is 97.1. The molecule has 17 nitrogen and oxygen atoms in total. The molecule has 0 aliphatic carbocycles. The van der Waals surface area contributed by atoms with Crippen molar-refractivity contribution in [2.24, 2.45) is 5.92 Å². The number of aliphatic hydroxyl groups is 1. The fourth-order valence-electron chi connectivity index (χ4n) is 12.4. The third kappa shape index (κ3) is 74.1. The lowest BCUT2D eigenvalue weighted by Crippen LogP contribution is -2.30. The van der Waals surface area contributed by atoms with Crippen LogP contribution in [-0.2, 0) is 65.4 Å². The van der Waals surface area contributed by atoms with Crippen molar-refractivity contribution in [1.29, 1.82) is 0 Å². The monoisotopic (exact) mass is 1450 g/mol. The van der Waals surface area contributed by atoms with E-state index in [4.69, 9.17) is 37.0 Å². The van der Waals surface area contributed by atoms with Gasteiger partial charge >= 0.3 is 39.5 Å². The predicted octanol–water partition coefficient (Wildman–Crippen LogP) is 24.0. The average Bonchev–Trinajstić information content (AvgIpc) is 1.38. The molecule has 0 saturated heterocycles. The summed E-state index contributed by atoms with van der Waals surface area (Å²) in [6.07, 6.45) is 63.7. The summed E-state index contributed by atoms with van der Waals surface area (Å²) in [6, 6.07) is 0. The van der Waals surface area contributed by atoms with Gasteiger partial charge in [0.2, 0.25) is 0 Å². The molecule has 99 heavy (non-hydrogen) atoms. The Labute approximate surface area is 607 Å². The standard InChI is InChI=1S/C80H156O17P2/c1-6-9-12-15-18-21-24-27-35-40-44-49-54-59-64-78(83)91-70-76(97-80(85)66-61-56-51-46-41-36-33-31-29-28-30-32-34-37-42-47-52-57-62-73(4)5)72-95-99(88,89)93-68-74(81)67-92-98(86,87)94-71-75(96-79(84)65-60-55-50-45-39-26-23-20-17-14-11-8-3)69-90-77(82)63-58-53-48-43-38-25-22-19-16-13-10-7-2/h73-76,81H,6-72H2,1-5H3,(H,86,87)(H,88,89)/t74-,75+,76+/m0/s1. The molecule has 2 unspecified atom stereocenters. The topological polar surface area (TPSA) is 237 Å². The zero-order valence-corrected chi connectivity index (χ0v) is 66.4. The smallest absolute Gasteiger partial charge is 0.462 e. The highest BCUT2D eigenvalue weighted by atomic mass is 31.2. The first-order chi connectivity index (χ1) is 48.0. The van der Waals surface area contributed by atoms with Gasteiger partial charge in [-0.25, -0.2) is 9.13 Å². The van der Waals surface area contributed by atoms with Crippen molar-refractivity contribution in [3.05, 3.63) is 0 Å². The molecule has 19 heteroatoms. The second-order valence-corrected chi connectivity index (χ2v) is 32.2. The van der Waals surface area contributed by atoms with E-state index >= 15 is 0 Å². The minimum atomic E-state index is -4.96. The second-order valence-electron chi connectivity index (χ2n) is 29.3. The Morgan fingerprint density at radius 2 is 0.465 bits per heavy atom. The summed E-state index contributed by atoms with van der Waals surface area (Å²) in [5.74, 6) is -1.28. The first-order valence-corrected chi connectivity index (χ1v) is 44.6. The highest BCUT2D eigenvalue weighted by Crippen LogP contribution is 2.45. The number of rotatable bonds is 80. The molecule has 0 aliphatic rings. The minimum Gasteiger partial charge on any atom is -0.462 e. The van der Waals surface area contributed by atoms with Gasteiger partial charge in [-0.15, -0.1) is 0 Å². The number of phosphoric ester groups is 2. The third-order valence-electron chi connectivity index (χ3n) is 18.8. The Morgan fingerprint density at radius 3 is 0.687 bits per heavy atom. The molecule has 0 heterocycles.